The molecule has 0 fully saturated rings. The third-order valence-electron chi connectivity index (χ3n) is 7.59. The van der Waals surface area contributed by atoms with Crippen molar-refractivity contribution in [1.29, 1.82) is 0 Å². The second-order valence-electron chi connectivity index (χ2n) is 10.2. The van der Waals surface area contributed by atoms with Gasteiger partial charge in [-0.25, -0.2) is 0 Å². The van der Waals surface area contributed by atoms with Crippen LogP contribution in [0.15, 0.2) is 60.7 Å². The van der Waals surface area contributed by atoms with E-state index in [1.54, 1.807) is 0 Å². The van der Waals surface area contributed by atoms with E-state index in [-0.39, 0.29) is 63.4 Å². The third-order valence-corrected chi connectivity index (χ3v) is 7.59. The highest BCUT2D eigenvalue weighted by Crippen LogP contribution is 2.56. The van der Waals surface area contributed by atoms with Crippen LogP contribution in [0.2, 0.25) is 0 Å². The number of aromatic hydroxyl groups is 7. The van der Waals surface area contributed by atoms with E-state index in [0.29, 0.717) is 11.1 Å². The van der Waals surface area contributed by atoms with Crippen molar-refractivity contribution in [2.24, 2.45) is 0 Å². The van der Waals surface area contributed by atoms with Gasteiger partial charge in [0.2, 0.25) is 0 Å². The van der Waals surface area contributed by atoms with Crippen molar-refractivity contribution in [3.63, 3.8) is 0 Å². The zero-order valence-electron chi connectivity index (χ0n) is 21.2. The Bertz CT molecular complexity index is 1670. The first-order valence-corrected chi connectivity index (χ1v) is 12.7. The summed E-state index contributed by atoms with van der Waals surface area (Å²) >= 11 is 0. The maximum Gasteiger partial charge on any atom is 0.157 e. The molecule has 0 radical (unpaired) electrons. The summed E-state index contributed by atoms with van der Waals surface area (Å²) in [4.78, 5) is 0. The molecule has 2 aliphatic heterocycles. The fraction of sp³-hybridized carbons (Fsp3) is 0.200. The lowest BCUT2D eigenvalue weighted by Crippen LogP contribution is -2.37. The van der Waals surface area contributed by atoms with Crippen LogP contribution in [0, 0.1) is 0 Å². The maximum absolute atomic E-state index is 11.6. The van der Waals surface area contributed by atoms with E-state index in [9.17, 15) is 46.0 Å². The SMILES string of the molecule is Oc1ccc([C@@H]2c3c(O)cc4c(c3O[C@H](c3ccc(O)c(O)c3)[C@H]2O)C[C@H](O)[C@@H](c2ccc(O)c(O)c2)O4)c(O)c1. The Morgan fingerprint density at radius 3 is 1.83 bits per heavy atom. The highest BCUT2D eigenvalue weighted by molar-refractivity contribution is 5.64. The van der Waals surface area contributed by atoms with Gasteiger partial charge in [0, 0.05) is 41.2 Å². The molecule has 2 heterocycles. The van der Waals surface area contributed by atoms with Crippen LogP contribution in [0.3, 0.4) is 0 Å². The molecule has 212 valence electrons. The Labute approximate surface area is 232 Å². The molecule has 9 N–H and O–H groups in total. The molecule has 6 rings (SSSR count). The van der Waals surface area contributed by atoms with E-state index in [1.807, 2.05) is 0 Å². The molecule has 11 nitrogen and oxygen atoms in total. The summed E-state index contributed by atoms with van der Waals surface area (Å²) in [6, 6.07) is 13.0. The third kappa shape index (κ3) is 4.31. The summed E-state index contributed by atoms with van der Waals surface area (Å²) < 4.78 is 12.3. The van der Waals surface area contributed by atoms with Crippen molar-refractivity contribution in [1.82, 2.24) is 0 Å². The lowest BCUT2D eigenvalue weighted by atomic mass is 9.77. The fourth-order valence-electron chi connectivity index (χ4n) is 5.61. The number of ether oxygens (including phenoxy) is 2. The monoisotopic (exact) mass is 562 g/mol. The van der Waals surface area contributed by atoms with Crippen molar-refractivity contribution in [3.05, 3.63) is 88.5 Å². The van der Waals surface area contributed by atoms with E-state index >= 15 is 0 Å². The Balaban J connectivity index is 1.51. The van der Waals surface area contributed by atoms with Crippen LogP contribution in [0.25, 0.3) is 0 Å². The molecule has 0 unspecified atom stereocenters. The van der Waals surface area contributed by atoms with E-state index < -0.39 is 41.8 Å². The largest absolute Gasteiger partial charge is 0.508 e. The van der Waals surface area contributed by atoms with Gasteiger partial charge >= 0.3 is 0 Å². The van der Waals surface area contributed by atoms with Crippen LogP contribution in [0.1, 0.15) is 45.9 Å². The van der Waals surface area contributed by atoms with Gasteiger partial charge in [-0.3, -0.25) is 0 Å². The average Bonchev–Trinajstić information content (AvgIpc) is 2.92. The smallest absolute Gasteiger partial charge is 0.157 e. The first-order chi connectivity index (χ1) is 19.5. The number of rotatable bonds is 3. The fourth-order valence-corrected chi connectivity index (χ4v) is 5.61. The van der Waals surface area contributed by atoms with Gasteiger partial charge in [0.25, 0.3) is 0 Å². The molecule has 0 saturated heterocycles. The Kier molecular flexibility index (Phi) is 6.13. The van der Waals surface area contributed by atoms with Gasteiger partial charge in [-0.15, -0.1) is 0 Å². The van der Waals surface area contributed by atoms with Crippen molar-refractivity contribution in [3.8, 4) is 51.7 Å². The summed E-state index contributed by atoms with van der Waals surface area (Å²) in [6.07, 6.45) is -4.79. The summed E-state index contributed by atoms with van der Waals surface area (Å²) in [6.45, 7) is 0. The van der Waals surface area contributed by atoms with E-state index in [4.69, 9.17) is 9.47 Å². The predicted octanol–water partition coefficient (Wildman–Crippen LogP) is 3.29. The van der Waals surface area contributed by atoms with E-state index in [0.717, 1.165) is 6.07 Å². The Morgan fingerprint density at radius 1 is 0.585 bits per heavy atom. The minimum Gasteiger partial charge on any atom is -0.508 e. The quantitative estimate of drug-likeness (QED) is 0.166. The van der Waals surface area contributed by atoms with Gasteiger partial charge in [0.05, 0.1) is 6.10 Å². The minimum absolute atomic E-state index is 0.0395. The molecule has 2 aliphatic rings. The molecule has 11 heteroatoms. The molecule has 4 aromatic carbocycles. The predicted molar refractivity (Wildman–Crippen MR) is 142 cm³/mol. The van der Waals surface area contributed by atoms with Gasteiger partial charge in [-0.2, -0.15) is 0 Å². The molecule has 0 saturated carbocycles. The zero-order chi connectivity index (χ0) is 29.2. The van der Waals surface area contributed by atoms with Gasteiger partial charge in [0.15, 0.2) is 29.1 Å². The number of fused-ring (bicyclic) bond motifs is 3. The number of aliphatic hydroxyl groups is 2. The summed E-state index contributed by atoms with van der Waals surface area (Å²) in [5.41, 5.74) is 1.27. The van der Waals surface area contributed by atoms with Crippen LogP contribution in [-0.4, -0.2) is 58.2 Å². The topological polar surface area (TPSA) is 201 Å². The van der Waals surface area contributed by atoms with E-state index in [1.165, 1.54) is 54.6 Å². The number of benzene rings is 4. The molecule has 5 atom stereocenters. The highest BCUT2D eigenvalue weighted by Gasteiger charge is 2.45. The standard InChI is InChI=1S/C30H26O11/c31-14-3-4-15(19(34)9-14)25-26-22(37)11-24-16(10-23(38)28(40-24)12-1-5-17(32)20(35)7-12)30(26)41-29(27(25)39)13-2-6-18(33)21(36)8-13/h1-9,11,23,25,27-29,31-39H,10H2/t23-,25+,27-,28+,29+/m0/s1. The van der Waals surface area contributed by atoms with Crippen LogP contribution >= 0.6 is 0 Å². The number of aliphatic hydroxyl groups excluding tert-OH is 2. The minimum atomic E-state index is -1.44. The molecule has 0 amide bonds. The number of phenols is 7. The van der Waals surface area contributed by atoms with Crippen molar-refractivity contribution < 1.29 is 55.4 Å². The normalized spacial score (nSPS) is 23.1. The zero-order valence-corrected chi connectivity index (χ0v) is 21.2. The van der Waals surface area contributed by atoms with Crippen molar-refractivity contribution >= 4 is 0 Å². The molecule has 0 aromatic heterocycles. The summed E-state index contributed by atoms with van der Waals surface area (Å²) in [5, 5.41) is 94.1. The average molecular weight is 563 g/mol. The van der Waals surface area contributed by atoms with Gasteiger partial charge in [-0.1, -0.05) is 18.2 Å². The second kappa shape index (κ2) is 9.58. The maximum atomic E-state index is 11.6. The summed E-state index contributed by atoms with van der Waals surface area (Å²) in [7, 11) is 0. The lowest BCUT2D eigenvalue weighted by Gasteiger charge is -2.41. The highest BCUT2D eigenvalue weighted by atomic mass is 16.5. The van der Waals surface area contributed by atoms with Crippen molar-refractivity contribution in [2.75, 3.05) is 0 Å². The molecule has 0 spiro atoms. The van der Waals surface area contributed by atoms with Crippen molar-refractivity contribution in [2.45, 2.75) is 36.8 Å². The number of hydrogen-bond donors (Lipinski definition) is 9. The van der Waals surface area contributed by atoms with Crippen LogP contribution in [-0.2, 0) is 6.42 Å². The van der Waals surface area contributed by atoms with Crippen LogP contribution in [0.4, 0.5) is 0 Å². The molecule has 0 bridgehead atoms. The molecular formula is C30H26O11. The van der Waals surface area contributed by atoms with E-state index in [2.05, 4.69) is 0 Å². The molecule has 0 aliphatic carbocycles. The number of phenolic OH excluding ortho intramolecular Hbond substituents is 7. The Morgan fingerprint density at radius 2 is 1.22 bits per heavy atom. The molecule has 41 heavy (non-hydrogen) atoms. The van der Waals surface area contributed by atoms with Gasteiger partial charge in [-0.05, 0) is 41.5 Å². The van der Waals surface area contributed by atoms with Gasteiger partial charge in [0.1, 0.15) is 41.0 Å². The number of hydrogen-bond acceptors (Lipinski definition) is 11. The Hall–Kier alpha value is -5.00. The van der Waals surface area contributed by atoms with Gasteiger partial charge < -0.3 is 55.4 Å². The summed E-state index contributed by atoms with van der Waals surface area (Å²) in [5.74, 6) is -3.36. The van der Waals surface area contributed by atoms with Crippen LogP contribution in [0.5, 0.6) is 51.7 Å². The molecular weight excluding hydrogens is 536 g/mol. The first kappa shape index (κ1) is 26.2. The second-order valence-corrected chi connectivity index (χ2v) is 10.2. The lowest BCUT2D eigenvalue weighted by molar-refractivity contribution is -0.00190. The van der Waals surface area contributed by atoms with Crippen LogP contribution < -0.4 is 9.47 Å². The molecule has 4 aromatic rings. The first-order valence-electron chi connectivity index (χ1n) is 12.7.